The minimum atomic E-state index is -2.91. The summed E-state index contributed by atoms with van der Waals surface area (Å²) in [6, 6.07) is 4.94. The summed E-state index contributed by atoms with van der Waals surface area (Å²) in [4.78, 5) is 6.87. The van der Waals surface area contributed by atoms with Gasteiger partial charge in [-0.25, -0.2) is 4.99 Å². The van der Waals surface area contributed by atoms with E-state index in [4.69, 9.17) is 14.2 Å². The van der Waals surface area contributed by atoms with E-state index in [1.807, 2.05) is 6.92 Å². The Balaban J connectivity index is 1.98. The number of rotatable bonds is 11. The molecule has 0 aliphatic carbocycles. The number of hydrogen-bond acceptors (Lipinski definition) is 5. The maximum atomic E-state index is 12.6. The highest BCUT2D eigenvalue weighted by Crippen LogP contribution is 2.29. The number of likely N-dealkylation sites (tertiary alicyclic amines) is 1. The summed E-state index contributed by atoms with van der Waals surface area (Å²) >= 11 is 0. The quantitative estimate of drug-likeness (QED) is 0.341. The predicted molar refractivity (Wildman–Crippen MR) is 107 cm³/mol. The van der Waals surface area contributed by atoms with Gasteiger partial charge in [0.15, 0.2) is 17.5 Å². The first-order chi connectivity index (χ1) is 14.1. The SMILES string of the molecule is CCNC(=NCc1ccc(OC)c(OC(F)F)c1)N1CCC(COCCOC)C1. The number of nitrogens with one attached hydrogen (secondary N) is 1. The molecule has 0 aromatic heterocycles. The van der Waals surface area contributed by atoms with Crippen molar-refractivity contribution >= 4 is 5.96 Å². The van der Waals surface area contributed by atoms with Crippen LogP contribution in [0.4, 0.5) is 8.78 Å². The molecule has 1 N–H and O–H groups in total. The summed E-state index contributed by atoms with van der Waals surface area (Å²) in [6.07, 6.45) is 1.03. The van der Waals surface area contributed by atoms with Crippen molar-refractivity contribution in [1.29, 1.82) is 0 Å². The van der Waals surface area contributed by atoms with Crippen LogP contribution >= 0.6 is 0 Å². The van der Waals surface area contributed by atoms with E-state index >= 15 is 0 Å². The summed E-state index contributed by atoms with van der Waals surface area (Å²) < 4.78 is 45.5. The molecule has 1 aliphatic rings. The highest BCUT2D eigenvalue weighted by molar-refractivity contribution is 5.80. The lowest BCUT2D eigenvalue weighted by Gasteiger charge is -2.22. The van der Waals surface area contributed by atoms with E-state index in [1.165, 1.54) is 13.2 Å². The van der Waals surface area contributed by atoms with Crippen LogP contribution in [0.2, 0.25) is 0 Å². The van der Waals surface area contributed by atoms with Crippen molar-refractivity contribution < 1.29 is 27.7 Å². The molecule has 0 spiro atoms. The lowest BCUT2D eigenvalue weighted by molar-refractivity contribution is -0.0512. The standard InChI is InChI=1S/C20H31F2N3O4/c1-4-23-20(25-8-7-16(13-25)14-28-10-9-26-2)24-12-15-5-6-17(27-3)18(11-15)29-19(21)22/h5-6,11,16,19H,4,7-10,12-14H2,1-3H3,(H,23,24). The summed E-state index contributed by atoms with van der Waals surface area (Å²) in [5.74, 6) is 1.53. The maximum Gasteiger partial charge on any atom is 0.387 e. The monoisotopic (exact) mass is 415 g/mol. The van der Waals surface area contributed by atoms with Gasteiger partial charge in [0.05, 0.1) is 33.5 Å². The van der Waals surface area contributed by atoms with Gasteiger partial charge in [-0.1, -0.05) is 6.07 Å². The van der Waals surface area contributed by atoms with E-state index in [0.717, 1.165) is 37.6 Å². The van der Waals surface area contributed by atoms with E-state index < -0.39 is 6.61 Å². The molecule has 29 heavy (non-hydrogen) atoms. The first-order valence-corrected chi connectivity index (χ1v) is 9.79. The molecule has 1 heterocycles. The molecule has 0 amide bonds. The van der Waals surface area contributed by atoms with Gasteiger partial charge in [0.25, 0.3) is 0 Å². The van der Waals surface area contributed by atoms with Crippen molar-refractivity contribution in [2.45, 2.75) is 26.5 Å². The molecule has 1 saturated heterocycles. The second kappa shape index (κ2) is 12.4. The molecule has 1 unspecified atom stereocenters. The second-order valence-corrected chi connectivity index (χ2v) is 6.70. The normalized spacial score (nSPS) is 17.1. The third kappa shape index (κ3) is 7.66. The zero-order valence-corrected chi connectivity index (χ0v) is 17.3. The third-order valence-electron chi connectivity index (χ3n) is 4.56. The number of hydrogen-bond donors (Lipinski definition) is 1. The number of ether oxygens (including phenoxy) is 4. The van der Waals surface area contributed by atoms with E-state index in [9.17, 15) is 8.78 Å². The number of benzene rings is 1. The minimum Gasteiger partial charge on any atom is -0.493 e. The topological polar surface area (TPSA) is 64.6 Å². The number of halogens is 2. The number of methoxy groups -OCH3 is 2. The summed E-state index contributed by atoms with van der Waals surface area (Å²) in [6.45, 7) is 3.84. The van der Waals surface area contributed by atoms with Crippen LogP contribution in [0, 0.1) is 5.92 Å². The van der Waals surface area contributed by atoms with Crippen LogP contribution in [0.3, 0.4) is 0 Å². The zero-order valence-electron chi connectivity index (χ0n) is 17.3. The average Bonchev–Trinajstić information content (AvgIpc) is 3.17. The van der Waals surface area contributed by atoms with Crippen molar-refractivity contribution in [3.63, 3.8) is 0 Å². The van der Waals surface area contributed by atoms with Gasteiger partial charge in [0.1, 0.15) is 0 Å². The Labute approximate surface area is 171 Å². The molecule has 1 fully saturated rings. The fourth-order valence-corrected chi connectivity index (χ4v) is 3.15. The van der Waals surface area contributed by atoms with Gasteiger partial charge in [0, 0.05) is 32.7 Å². The van der Waals surface area contributed by atoms with Gasteiger partial charge in [0.2, 0.25) is 0 Å². The third-order valence-corrected chi connectivity index (χ3v) is 4.56. The number of guanidine groups is 1. The lowest BCUT2D eigenvalue weighted by Crippen LogP contribution is -2.40. The Morgan fingerprint density at radius 2 is 2.10 bits per heavy atom. The highest BCUT2D eigenvalue weighted by Gasteiger charge is 2.25. The van der Waals surface area contributed by atoms with Crippen LogP contribution in [-0.4, -0.2) is 71.1 Å². The van der Waals surface area contributed by atoms with E-state index in [1.54, 1.807) is 19.2 Å². The fourth-order valence-electron chi connectivity index (χ4n) is 3.15. The fraction of sp³-hybridized carbons (Fsp3) is 0.650. The van der Waals surface area contributed by atoms with Crippen molar-refractivity contribution in [2.75, 3.05) is 53.7 Å². The van der Waals surface area contributed by atoms with E-state index in [0.29, 0.717) is 32.3 Å². The van der Waals surface area contributed by atoms with Gasteiger partial charge >= 0.3 is 6.61 Å². The number of nitrogens with zero attached hydrogens (tertiary/aromatic N) is 2. The van der Waals surface area contributed by atoms with Crippen LogP contribution < -0.4 is 14.8 Å². The van der Waals surface area contributed by atoms with Crippen LogP contribution in [0.25, 0.3) is 0 Å². The van der Waals surface area contributed by atoms with Crippen molar-refractivity contribution in [3.05, 3.63) is 23.8 Å². The number of aliphatic imine (C=N–C) groups is 1. The summed E-state index contributed by atoms with van der Waals surface area (Å²) in [5.41, 5.74) is 0.760. The molecule has 1 aromatic rings. The average molecular weight is 415 g/mol. The molecule has 1 aromatic carbocycles. The van der Waals surface area contributed by atoms with Gasteiger partial charge in [-0.3, -0.25) is 0 Å². The van der Waals surface area contributed by atoms with Crippen molar-refractivity contribution in [2.24, 2.45) is 10.9 Å². The molecular formula is C20H31F2N3O4. The Kier molecular flexibility index (Phi) is 9.93. The summed E-state index contributed by atoms with van der Waals surface area (Å²) in [5, 5.41) is 3.30. The van der Waals surface area contributed by atoms with Crippen LogP contribution in [0.15, 0.2) is 23.2 Å². The molecule has 7 nitrogen and oxygen atoms in total. The molecule has 0 radical (unpaired) electrons. The Morgan fingerprint density at radius 1 is 1.28 bits per heavy atom. The molecular weight excluding hydrogens is 384 g/mol. The zero-order chi connectivity index (χ0) is 21.1. The van der Waals surface area contributed by atoms with E-state index in [2.05, 4.69) is 19.9 Å². The Bertz CT molecular complexity index is 646. The summed E-state index contributed by atoms with van der Waals surface area (Å²) in [7, 11) is 3.07. The molecule has 0 saturated carbocycles. The molecule has 2 rings (SSSR count). The minimum absolute atomic E-state index is 0.00893. The van der Waals surface area contributed by atoms with Gasteiger partial charge in [-0.15, -0.1) is 0 Å². The maximum absolute atomic E-state index is 12.6. The smallest absolute Gasteiger partial charge is 0.387 e. The van der Waals surface area contributed by atoms with E-state index in [-0.39, 0.29) is 11.5 Å². The molecule has 164 valence electrons. The highest BCUT2D eigenvalue weighted by atomic mass is 19.3. The molecule has 9 heteroatoms. The van der Waals surface area contributed by atoms with Crippen molar-refractivity contribution in [1.82, 2.24) is 10.2 Å². The van der Waals surface area contributed by atoms with Gasteiger partial charge in [-0.05, 0) is 31.0 Å². The lowest BCUT2D eigenvalue weighted by atomic mass is 10.1. The van der Waals surface area contributed by atoms with Crippen molar-refractivity contribution in [3.8, 4) is 11.5 Å². The molecule has 0 bridgehead atoms. The van der Waals surface area contributed by atoms with Crippen LogP contribution in [0.5, 0.6) is 11.5 Å². The number of alkyl halides is 2. The van der Waals surface area contributed by atoms with Gasteiger partial charge in [-0.2, -0.15) is 8.78 Å². The predicted octanol–water partition coefficient (Wildman–Crippen LogP) is 2.75. The molecule has 1 aliphatic heterocycles. The first kappa shape index (κ1) is 23.2. The first-order valence-electron chi connectivity index (χ1n) is 9.79. The Morgan fingerprint density at radius 3 is 2.79 bits per heavy atom. The van der Waals surface area contributed by atoms with Crippen LogP contribution in [-0.2, 0) is 16.0 Å². The molecule has 1 atom stereocenters. The van der Waals surface area contributed by atoms with Crippen LogP contribution in [0.1, 0.15) is 18.9 Å². The van der Waals surface area contributed by atoms with Gasteiger partial charge < -0.3 is 29.2 Å². The second-order valence-electron chi connectivity index (χ2n) is 6.70. The largest absolute Gasteiger partial charge is 0.493 e. The Hall–Kier alpha value is -2.13.